The lowest BCUT2D eigenvalue weighted by Gasteiger charge is -2.27. The molecule has 0 fully saturated rings. The largest absolute Gasteiger partial charge is 0.383 e. The van der Waals surface area contributed by atoms with Crippen LogP contribution in [0.15, 0.2) is 9.59 Å². The molecule has 0 spiro atoms. The predicted molar refractivity (Wildman–Crippen MR) is 102 cm³/mol. The molecule has 1 rings (SSSR count). The zero-order valence-corrected chi connectivity index (χ0v) is 16.1. The van der Waals surface area contributed by atoms with Crippen molar-refractivity contribution in [1.82, 2.24) is 9.55 Å². The van der Waals surface area contributed by atoms with E-state index in [9.17, 15) is 14.4 Å². The average molecular weight is 352 g/mol. The second kappa shape index (κ2) is 9.44. The van der Waals surface area contributed by atoms with E-state index in [0.29, 0.717) is 13.1 Å². The molecule has 0 bridgehead atoms. The van der Waals surface area contributed by atoms with E-state index in [1.54, 1.807) is 0 Å². The van der Waals surface area contributed by atoms with Gasteiger partial charge in [0.2, 0.25) is 5.91 Å². The van der Waals surface area contributed by atoms with Crippen molar-refractivity contribution < 1.29 is 4.79 Å². The summed E-state index contributed by atoms with van der Waals surface area (Å²) in [7, 11) is 0. The Morgan fingerprint density at radius 1 is 1.20 bits per heavy atom. The topological polar surface area (TPSA) is 101 Å². The van der Waals surface area contributed by atoms with Crippen molar-refractivity contribution in [2.45, 2.75) is 66.8 Å². The number of anilines is 2. The third-order valence-electron chi connectivity index (χ3n) is 4.18. The first-order valence-electron chi connectivity index (χ1n) is 9.18. The number of nitrogens with two attached hydrogens (primary N) is 1. The van der Waals surface area contributed by atoms with Gasteiger partial charge in [-0.1, -0.05) is 47.5 Å². The van der Waals surface area contributed by atoms with Crippen LogP contribution in [-0.4, -0.2) is 22.0 Å². The zero-order valence-electron chi connectivity index (χ0n) is 16.1. The van der Waals surface area contributed by atoms with Crippen LogP contribution in [0.25, 0.3) is 0 Å². The lowest BCUT2D eigenvalue weighted by molar-refractivity contribution is -0.122. The lowest BCUT2D eigenvalue weighted by atomic mass is 10.0. The molecular formula is C18H32N4O3. The summed E-state index contributed by atoms with van der Waals surface area (Å²) in [6.07, 6.45) is 3.26. The smallest absolute Gasteiger partial charge is 0.330 e. The molecule has 7 heteroatoms. The Morgan fingerprint density at radius 3 is 2.36 bits per heavy atom. The van der Waals surface area contributed by atoms with Crippen LogP contribution in [0.4, 0.5) is 11.5 Å². The van der Waals surface area contributed by atoms with Crippen LogP contribution in [0.1, 0.15) is 60.3 Å². The van der Waals surface area contributed by atoms with Crippen molar-refractivity contribution in [1.29, 1.82) is 0 Å². The summed E-state index contributed by atoms with van der Waals surface area (Å²) < 4.78 is 1.35. The summed E-state index contributed by atoms with van der Waals surface area (Å²) in [4.78, 5) is 41.2. The highest BCUT2D eigenvalue weighted by molar-refractivity contribution is 5.96. The number of unbranched alkanes of at least 4 members (excludes halogenated alkanes) is 1. The molecule has 0 saturated heterocycles. The Balaban J connectivity index is 3.45. The van der Waals surface area contributed by atoms with Gasteiger partial charge in [-0.25, -0.2) is 4.79 Å². The van der Waals surface area contributed by atoms with E-state index in [2.05, 4.69) is 4.98 Å². The van der Waals surface area contributed by atoms with Crippen molar-refractivity contribution in [3.63, 3.8) is 0 Å². The van der Waals surface area contributed by atoms with E-state index < -0.39 is 11.2 Å². The zero-order chi connectivity index (χ0) is 19.1. The highest BCUT2D eigenvalue weighted by Crippen LogP contribution is 2.22. The Kier molecular flexibility index (Phi) is 7.93. The van der Waals surface area contributed by atoms with Crippen molar-refractivity contribution >= 4 is 17.4 Å². The number of hydrogen-bond acceptors (Lipinski definition) is 4. The fraction of sp³-hybridized carbons (Fsp3) is 0.722. The van der Waals surface area contributed by atoms with Gasteiger partial charge in [0.05, 0.1) is 0 Å². The molecule has 7 nitrogen and oxygen atoms in total. The fourth-order valence-electron chi connectivity index (χ4n) is 2.86. The van der Waals surface area contributed by atoms with Gasteiger partial charge in [0, 0.05) is 19.0 Å². The quantitative estimate of drug-likeness (QED) is 0.712. The minimum Gasteiger partial charge on any atom is -0.383 e. The Morgan fingerprint density at radius 2 is 1.84 bits per heavy atom. The van der Waals surface area contributed by atoms with Crippen molar-refractivity contribution in [2.75, 3.05) is 17.2 Å². The number of carbonyl (C=O) groups is 1. The molecule has 0 aliphatic heterocycles. The predicted octanol–water partition coefficient (Wildman–Crippen LogP) is 2.34. The molecular weight excluding hydrogens is 320 g/mol. The van der Waals surface area contributed by atoms with Gasteiger partial charge in [-0.3, -0.25) is 19.1 Å². The third kappa shape index (κ3) is 5.21. The summed E-state index contributed by atoms with van der Waals surface area (Å²) in [5.74, 6) is -0.0819. The maximum Gasteiger partial charge on any atom is 0.330 e. The second-order valence-electron chi connectivity index (χ2n) is 7.03. The standard InChI is InChI=1S/C18H32N4O3/c1-6-8-10-21(17(24)13(5)9-7-2)14-15(19)22(11-12(3)4)18(25)20-16(14)23/h12-13H,6-11,19H2,1-5H3,(H,20,23,25). The highest BCUT2D eigenvalue weighted by Gasteiger charge is 2.27. The maximum absolute atomic E-state index is 12.9. The second-order valence-corrected chi connectivity index (χ2v) is 7.03. The molecule has 0 radical (unpaired) electrons. The van der Waals surface area contributed by atoms with Crippen LogP contribution < -0.4 is 21.9 Å². The number of nitrogen functional groups attached to an aromatic ring is 1. The molecule has 1 aromatic heterocycles. The first kappa shape index (κ1) is 21.0. The Bertz CT molecular complexity index is 691. The summed E-state index contributed by atoms with van der Waals surface area (Å²) in [5, 5.41) is 0. The number of nitrogens with one attached hydrogen (secondary N) is 1. The first-order valence-corrected chi connectivity index (χ1v) is 9.18. The number of carbonyl (C=O) groups excluding carboxylic acids is 1. The van der Waals surface area contributed by atoms with E-state index in [1.165, 1.54) is 9.47 Å². The van der Waals surface area contributed by atoms with Crippen molar-refractivity contribution in [2.24, 2.45) is 11.8 Å². The number of amides is 1. The molecule has 0 aliphatic carbocycles. The molecule has 0 saturated carbocycles. The van der Waals surface area contributed by atoms with Gasteiger partial charge < -0.3 is 10.6 Å². The molecule has 0 aromatic carbocycles. The van der Waals surface area contributed by atoms with Crippen LogP contribution in [0, 0.1) is 11.8 Å². The number of nitrogens with zero attached hydrogens (tertiary/aromatic N) is 2. The van der Waals surface area contributed by atoms with Gasteiger partial charge in [0.15, 0.2) is 5.69 Å². The summed E-state index contributed by atoms with van der Waals surface area (Å²) in [6.45, 7) is 10.6. The SMILES string of the molecule is CCCCN(C(=O)C(C)CCC)c1c(N)n(CC(C)C)c(=O)[nH]c1=O. The molecule has 1 unspecified atom stereocenters. The monoisotopic (exact) mass is 352 g/mol. The van der Waals surface area contributed by atoms with Crippen LogP contribution >= 0.6 is 0 Å². The van der Waals surface area contributed by atoms with E-state index in [4.69, 9.17) is 5.73 Å². The van der Waals surface area contributed by atoms with Crippen molar-refractivity contribution in [3.05, 3.63) is 20.8 Å². The van der Waals surface area contributed by atoms with Crippen LogP contribution in [0.5, 0.6) is 0 Å². The summed E-state index contributed by atoms with van der Waals surface area (Å²) >= 11 is 0. The maximum atomic E-state index is 12.9. The normalized spacial score (nSPS) is 12.4. The molecule has 1 amide bonds. The van der Waals surface area contributed by atoms with Crippen molar-refractivity contribution in [3.8, 4) is 0 Å². The van der Waals surface area contributed by atoms with Gasteiger partial charge in [-0.05, 0) is 18.8 Å². The lowest BCUT2D eigenvalue weighted by Crippen LogP contribution is -2.43. The highest BCUT2D eigenvalue weighted by atomic mass is 16.2. The summed E-state index contributed by atoms with van der Waals surface area (Å²) in [5.41, 5.74) is 5.13. The number of rotatable bonds is 9. The molecule has 1 atom stereocenters. The molecule has 3 N–H and O–H groups in total. The average Bonchev–Trinajstić information content (AvgIpc) is 2.53. The van der Waals surface area contributed by atoms with Crippen LogP contribution in [0.3, 0.4) is 0 Å². The Hall–Kier alpha value is -2.05. The van der Waals surface area contributed by atoms with E-state index in [1.807, 2.05) is 34.6 Å². The molecule has 25 heavy (non-hydrogen) atoms. The number of aromatic amines is 1. The minimum absolute atomic E-state index is 0.0654. The molecule has 1 heterocycles. The Labute approximate surface area is 149 Å². The van der Waals surface area contributed by atoms with Gasteiger partial charge >= 0.3 is 5.69 Å². The van der Waals surface area contributed by atoms with Crippen LogP contribution in [0.2, 0.25) is 0 Å². The van der Waals surface area contributed by atoms with E-state index in [0.717, 1.165) is 25.7 Å². The van der Waals surface area contributed by atoms with Gasteiger partial charge in [0.25, 0.3) is 5.56 Å². The molecule has 142 valence electrons. The van der Waals surface area contributed by atoms with Gasteiger partial charge in [0.1, 0.15) is 5.82 Å². The minimum atomic E-state index is -0.601. The third-order valence-corrected chi connectivity index (χ3v) is 4.18. The van der Waals surface area contributed by atoms with Gasteiger partial charge in [-0.2, -0.15) is 0 Å². The fourth-order valence-corrected chi connectivity index (χ4v) is 2.86. The number of H-pyrrole nitrogens is 1. The number of aromatic nitrogens is 2. The van der Waals surface area contributed by atoms with E-state index in [-0.39, 0.29) is 29.2 Å². The summed E-state index contributed by atoms with van der Waals surface area (Å²) in [6, 6.07) is 0. The first-order chi connectivity index (χ1) is 11.7. The molecule has 1 aromatic rings. The van der Waals surface area contributed by atoms with E-state index >= 15 is 0 Å². The molecule has 0 aliphatic rings. The van der Waals surface area contributed by atoms with Crippen LogP contribution in [-0.2, 0) is 11.3 Å². The van der Waals surface area contributed by atoms with Gasteiger partial charge in [-0.15, -0.1) is 0 Å². The number of hydrogen-bond donors (Lipinski definition) is 2.